The lowest BCUT2D eigenvalue weighted by atomic mass is 10.1. The fraction of sp³-hybridized carbons (Fsp3) is 0.750. The second-order valence-electron chi connectivity index (χ2n) is 7.29. The zero-order valence-corrected chi connectivity index (χ0v) is 15.8. The number of ether oxygens (including phenoxy) is 1. The van der Waals surface area contributed by atoms with Gasteiger partial charge in [-0.25, -0.2) is 9.78 Å². The first-order valence-corrected chi connectivity index (χ1v) is 8.40. The highest BCUT2D eigenvalue weighted by Gasteiger charge is 2.25. The van der Waals surface area contributed by atoms with Crippen LogP contribution in [0.1, 0.15) is 63.2 Å². The molecule has 0 bridgehead atoms. The number of alkyl carbamates (subject to hydrolysis) is 1. The molecule has 0 saturated heterocycles. The van der Waals surface area contributed by atoms with Gasteiger partial charge in [-0.2, -0.15) is 0 Å². The number of carbonyl (C=O) groups excluding carboxylic acids is 1. The first-order chi connectivity index (χ1) is 9.89. The van der Waals surface area contributed by atoms with E-state index in [0.29, 0.717) is 6.54 Å². The van der Waals surface area contributed by atoms with Crippen molar-refractivity contribution < 1.29 is 9.53 Å². The molecule has 0 aromatic carbocycles. The molecule has 1 aromatic heterocycles. The van der Waals surface area contributed by atoms with Gasteiger partial charge in [-0.3, -0.25) is 0 Å². The van der Waals surface area contributed by atoms with Gasteiger partial charge in [0.05, 0.1) is 16.2 Å². The van der Waals surface area contributed by atoms with E-state index in [1.807, 2.05) is 41.5 Å². The van der Waals surface area contributed by atoms with E-state index < -0.39 is 17.2 Å². The maximum absolute atomic E-state index is 11.9. The molecule has 1 heterocycles. The number of aryl methyl sites for hydroxylation is 2. The molecule has 1 atom stereocenters. The minimum Gasteiger partial charge on any atom is -0.444 e. The second-order valence-corrected chi connectivity index (χ2v) is 8.69. The fourth-order valence-corrected chi connectivity index (χ4v) is 2.99. The Morgan fingerprint density at radius 2 is 1.86 bits per heavy atom. The summed E-state index contributed by atoms with van der Waals surface area (Å²) in [6.45, 7) is 16.3. The van der Waals surface area contributed by atoms with Gasteiger partial charge in [-0.1, -0.05) is 0 Å². The Kier molecular flexibility index (Phi) is 5.98. The summed E-state index contributed by atoms with van der Waals surface area (Å²) in [5.41, 5.74) is 0.182. The summed E-state index contributed by atoms with van der Waals surface area (Å²) < 4.78 is 5.30. The van der Waals surface area contributed by atoms with Crippen molar-refractivity contribution >= 4 is 17.4 Å². The van der Waals surface area contributed by atoms with Gasteiger partial charge in [0.1, 0.15) is 5.60 Å². The van der Waals surface area contributed by atoms with Gasteiger partial charge in [0.2, 0.25) is 0 Å². The van der Waals surface area contributed by atoms with Crippen LogP contribution in [0.3, 0.4) is 0 Å². The molecule has 22 heavy (non-hydrogen) atoms. The van der Waals surface area contributed by atoms with Crippen molar-refractivity contribution in [2.45, 2.75) is 72.6 Å². The summed E-state index contributed by atoms with van der Waals surface area (Å²) in [5, 5.41) is 7.41. The van der Waals surface area contributed by atoms with Crippen LogP contribution in [0.4, 0.5) is 4.79 Å². The summed E-state index contributed by atoms with van der Waals surface area (Å²) in [6, 6.07) is 0.143. The molecule has 1 unspecified atom stereocenters. The van der Waals surface area contributed by atoms with Crippen molar-refractivity contribution in [1.82, 2.24) is 15.6 Å². The Morgan fingerprint density at radius 1 is 1.27 bits per heavy atom. The molecule has 0 fully saturated rings. The van der Waals surface area contributed by atoms with E-state index in [1.165, 1.54) is 4.88 Å². The Hall–Kier alpha value is -1.14. The smallest absolute Gasteiger partial charge is 0.408 e. The van der Waals surface area contributed by atoms with Crippen molar-refractivity contribution in [1.29, 1.82) is 0 Å². The van der Waals surface area contributed by atoms with Crippen LogP contribution in [0.5, 0.6) is 0 Å². The Labute approximate surface area is 137 Å². The average molecular weight is 327 g/mol. The molecule has 0 aliphatic carbocycles. The number of nitrogens with zero attached hydrogens (tertiary/aromatic N) is 1. The van der Waals surface area contributed by atoms with E-state index >= 15 is 0 Å². The van der Waals surface area contributed by atoms with E-state index in [0.717, 1.165) is 10.7 Å². The van der Waals surface area contributed by atoms with Crippen molar-refractivity contribution in [3.63, 3.8) is 0 Å². The molecule has 126 valence electrons. The van der Waals surface area contributed by atoms with Gasteiger partial charge in [0, 0.05) is 17.5 Å². The van der Waals surface area contributed by atoms with E-state index in [4.69, 9.17) is 4.74 Å². The van der Waals surface area contributed by atoms with Crippen LogP contribution in [0.2, 0.25) is 0 Å². The number of aromatic nitrogens is 1. The van der Waals surface area contributed by atoms with Crippen LogP contribution in [-0.4, -0.2) is 28.8 Å². The van der Waals surface area contributed by atoms with Crippen molar-refractivity contribution in [3.05, 3.63) is 15.6 Å². The molecule has 1 rings (SSSR count). The number of nitrogens with one attached hydrogen (secondary N) is 2. The molecule has 2 N–H and O–H groups in total. The van der Waals surface area contributed by atoms with Crippen molar-refractivity contribution in [2.75, 3.05) is 6.54 Å². The van der Waals surface area contributed by atoms with Crippen LogP contribution in [0.25, 0.3) is 0 Å². The Balaban J connectivity index is 2.54. The highest BCUT2D eigenvalue weighted by Crippen LogP contribution is 2.22. The summed E-state index contributed by atoms with van der Waals surface area (Å²) in [6.07, 6.45) is -0.396. The number of hydrogen-bond donors (Lipinski definition) is 2. The van der Waals surface area contributed by atoms with Crippen molar-refractivity contribution in [3.8, 4) is 0 Å². The summed E-state index contributed by atoms with van der Waals surface area (Å²) in [4.78, 5) is 17.7. The third-order valence-electron chi connectivity index (χ3n) is 3.04. The van der Waals surface area contributed by atoms with Crippen LogP contribution in [0, 0.1) is 13.8 Å². The summed E-state index contributed by atoms with van der Waals surface area (Å²) >= 11 is 1.71. The third-order valence-corrected chi connectivity index (χ3v) is 3.94. The number of thiazole rings is 1. The summed E-state index contributed by atoms with van der Waals surface area (Å²) in [7, 11) is 0. The molecule has 0 aliphatic rings. The molecule has 0 aliphatic heterocycles. The fourth-order valence-electron chi connectivity index (χ4n) is 2.08. The predicted octanol–water partition coefficient (Wildman–Crippen LogP) is 3.71. The lowest BCUT2D eigenvalue weighted by Crippen LogP contribution is -2.52. The van der Waals surface area contributed by atoms with Gasteiger partial charge in [-0.15, -0.1) is 11.3 Å². The topological polar surface area (TPSA) is 63.2 Å². The molecule has 6 heteroatoms. The average Bonchev–Trinajstić information content (AvgIpc) is 2.62. The van der Waals surface area contributed by atoms with E-state index in [1.54, 1.807) is 11.3 Å². The molecular weight excluding hydrogens is 298 g/mol. The minimum atomic E-state index is -0.490. The first kappa shape index (κ1) is 18.9. The highest BCUT2D eigenvalue weighted by molar-refractivity contribution is 7.11. The maximum Gasteiger partial charge on any atom is 0.408 e. The normalized spacial score (nSPS) is 13.8. The van der Waals surface area contributed by atoms with E-state index in [-0.39, 0.29) is 6.04 Å². The first-order valence-electron chi connectivity index (χ1n) is 7.58. The lowest BCUT2D eigenvalue weighted by Gasteiger charge is -2.30. The zero-order valence-electron chi connectivity index (χ0n) is 15.0. The monoisotopic (exact) mass is 327 g/mol. The van der Waals surface area contributed by atoms with Gasteiger partial charge in [-0.05, 0) is 55.4 Å². The molecular formula is C16H29N3O2S. The largest absolute Gasteiger partial charge is 0.444 e. The molecule has 1 amide bonds. The lowest BCUT2D eigenvalue weighted by molar-refractivity contribution is 0.0471. The number of amides is 1. The molecule has 0 radical (unpaired) electrons. The Morgan fingerprint density at radius 3 is 2.32 bits per heavy atom. The highest BCUT2D eigenvalue weighted by atomic mass is 32.1. The second kappa shape index (κ2) is 6.96. The van der Waals surface area contributed by atoms with Gasteiger partial charge in [0.15, 0.2) is 0 Å². The van der Waals surface area contributed by atoms with Crippen LogP contribution in [-0.2, 0) is 4.74 Å². The Bertz CT molecular complexity index is 518. The molecule has 0 saturated carbocycles. The van der Waals surface area contributed by atoms with E-state index in [2.05, 4.69) is 29.5 Å². The summed E-state index contributed by atoms with van der Waals surface area (Å²) in [5.74, 6) is 0. The molecule has 5 nitrogen and oxygen atoms in total. The van der Waals surface area contributed by atoms with Crippen molar-refractivity contribution in [2.24, 2.45) is 0 Å². The molecule has 0 spiro atoms. The van der Waals surface area contributed by atoms with E-state index in [9.17, 15) is 4.79 Å². The van der Waals surface area contributed by atoms with Gasteiger partial charge in [0.25, 0.3) is 0 Å². The predicted molar refractivity (Wildman–Crippen MR) is 91.5 cm³/mol. The minimum absolute atomic E-state index is 0.143. The van der Waals surface area contributed by atoms with Gasteiger partial charge >= 0.3 is 6.09 Å². The zero-order chi connectivity index (χ0) is 17.1. The van der Waals surface area contributed by atoms with Crippen LogP contribution >= 0.6 is 11.3 Å². The number of carbonyl (C=O) groups is 1. The van der Waals surface area contributed by atoms with Gasteiger partial charge < -0.3 is 15.4 Å². The third kappa shape index (κ3) is 6.32. The quantitative estimate of drug-likeness (QED) is 0.865. The number of rotatable bonds is 5. The SMILES string of the molecule is Cc1nc(C(C)NCC(C)(C)NC(=O)OC(C)(C)C)c(C)s1. The number of hydrogen-bond acceptors (Lipinski definition) is 5. The standard InChI is InChI=1S/C16H29N3O2S/c1-10(13-11(2)22-12(3)18-13)17-9-16(7,8)19-14(20)21-15(4,5)6/h10,17H,9H2,1-8H3,(H,19,20). The van der Waals surface area contributed by atoms with Crippen LogP contribution < -0.4 is 10.6 Å². The van der Waals surface area contributed by atoms with Crippen LogP contribution in [0.15, 0.2) is 0 Å². The maximum atomic E-state index is 11.9. The molecule has 1 aromatic rings.